The SMILES string of the molecule is CN1CCN(C)C(CNCc2c[nH]c3cc(Cl)ccc23)C1. The standard InChI is InChI=1S/C16H23ClN4/c1-20-5-6-21(2)14(11-20)10-18-8-12-9-19-16-7-13(17)3-4-15(12)16/h3-4,7,9,14,18-19H,5-6,8,10-11H2,1-2H3. The monoisotopic (exact) mass is 306 g/mol. The summed E-state index contributed by atoms with van der Waals surface area (Å²) in [5.41, 5.74) is 2.40. The summed E-state index contributed by atoms with van der Waals surface area (Å²) in [4.78, 5) is 8.14. The predicted molar refractivity (Wildman–Crippen MR) is 88.9 cm³/mol. The summed E-state index contributed by atoms with van der Waals surface area (Å²) in [5.74, 6) is 0. The number of rotatable bonds is 4. The summed E-state index contributed by atoms with van der Waals surface area (Å²) in [6.45, 7) is 5.34. The molecule has 1 aliphatic rings. The van der Waals surface area contributed by atoms with E-state index in [1.54, 1.807) is 0 Å². The van der Waals surface area contributed by atoms with Crippen LogP contribution >= 0.6 is 11.6 Å². The minimum atomic E-state index is 0.586. The molecular weight excluding hydrogens is 284 g/mol. The molecule has 0 aliphatic carbocycles. The number of halogens is 1. The van der Waals surface area contributed by atoms with Crippen LogP contribution in [0.15, 0.2) is 24.4 Å². The Hall–Kier alpha value is -1.07. The minimum Gasteiger partial charge on any atom is -0.361 e. The lowest BCUT2D eigenvalue weighted by Crippen LogP contribution is -2.53. The van der Waals surface area contributed by atoms with Crippen molar-refractivity contribution in [3.8, 4) is 0 Å². The van der Waals surface area contributed by atoms with Crippen LogP contribution in [0.2, 0.25) is 5.02 Å². The molecule has 4 nitrogen and oxygen atoms in total. The Morgan fingerprint density at radius 2 is 2.19 bits per heavy atom. The highest BCUT2D eigenvalue weighted by Crippen LogP contribution is 2.21. The van der Waals surface area contributed by atoms with Gasteiger partial charge in [0, 0.05) is 60.9 Å². The number of benzene rings is 1. The zero-order chi connectivity index (χ0) is 14.8. The molecule has 3 rings (SSSR count). The van der Waals surface area contributed by atoms with E-state index in [1.165, 1.54) is 10.9 Å². The third-order valence-corrected chi connectivity index (χ3v) is 4.64. The first-order valence-electron chi connectivity index (χ1n) is 7.48. The van der Waals surface area contributed by atoms with E-state index >= 15 is 0 Å². The molecule has 1 atom stereocenters. The highest BCUT2D eigenvalue weighted by molar-refractivity contribution is 6.31. The number of aromatic amines is 1. The molecule has 1 aromatic carbocycles. The van der Waals surface area contributed by atoms with Crippen LogP contribution in [-0.2, 0) is 6.54 Å². The van der Waals surface area contributed by atoms with Gasteiger partial charge in [-0.2, -0.15) is 0 Å². The summed E-state index contributed by atoms with van der Waals surface area (Å²) in [6, 6.07) is 6.60. The summed E-state index contributed by atoms with van der Waals surface area (Å²) < 4.78 is 0. The number of nitrogens with zero attached hydrogens (tertiary/aromatic N) is 2. The van der Waals surface area contributed by atoms with Crippen LogP contribution in [-0.4, -0.2) is 61.1 Å². The largest absolute Gasteiger partial charge is 0.361 e. The zero-order valence-corrected chi connectivity index (χ0v) is 13.5. The van der Waals surface area contributed by atoms with Gasteiger partial charge < -0.3 is 15.2 Å². The summed E-state index contributed by atoms with van der Waals surface area (Å²) in [5, 5.41) is 5.62. The number of hydrogen-bond donors (Lipinski definition) is 2. The second-order valence-electron chi connectivity index (χ2n) is 6.03. The molecule has 1 aliphatic heterocycles. The molecule has 0 bridgehead atoms. The number of likely N-dealkylation sites (N-methyl/N-ethyl adjacent to an activating group) is 2. The van der Waals surface area contributed by atoms with Crippen LogP contribution in [0.25, 0.3) is 10.9 Å². The minimum absolute atomic E-state index is 0.586. The van der Waals surface area contributed by atoms with E-state index in [1.807, 2.05) is 12.1 Å². The maximum absolute atomic E-state index is 6.02. The van der Waals surface area contributed by atoms with E-state index in [9.17, 15) is 0 Å². The lowest BCUT2D eigenvalue weighted by molar-refractivity contribution is 0.113. The molecule has 21 heavy (non-hydrogen) atoms. The fraction of sp³-hybridized carbons (Fsp3) is 0.500. The average molecular weight is 307 g/mol. The van der Waals surface area contributed by atoms with Gasteiger partial charge in [-0.25, -0.2) is 0 Å². The molecule has 0 radical (unpaired) electrons. The first-order valence-corrected chi connectivity index (χ1v) is 7.86. The topological polar surface area (TPSA) is 34.3 Å². The predicted octanol–water partition coefficient (Wildman–Crippen LogP) is 2.16. The van der Waals surface area contributed by atoms with Gasteiger partial charge >= 0.3 is 0 Å². The van der Waals surface area contributed by atoms with E-state index in [2.05, 4.69) is 46.5 Å². The van der Waals surface area contributed by atoms with Crippen molar-refractivity contribution in [3.05, 3.63) is 35.0 Å². The summed E-state index contributed by atoms with van der Waals surface area (Å²) in [7, 11) is 4.41. The van der Waals surface area contributed by atoms with Gasteiger partial charge in [-0.1, -0.05) is 17.7 Å². The van der Waals surface area contributed by atoms with Gasteiger partial charge in [0.25, 0.3) is 0 Å². The number of H-pyrrole nitrogens is 1. The number of piperazine rings is 1. The van der Waals surface area contributed by atoms with E-state index in [0.717, 1.165) is 43.3 Å². The van der Waals surface area contributed by atoms with Crippen LogP contribution in [0.5, 0.6) is 0 Å². The van der Waals surface area contributed by atoms with Crippen LogP contribution in [0, 0.1) is 0 Å². The van der Waals surface area contributed by atoms with E-state index in [4.69, 9.17) is 11.6 Å². The molecule has 0 amide bonds. The smallest absolute Gasteiger partial charge is 0.0472 e. The van der Waals surface area contributed by atoms with Crippen molar-refractivity contribution in [1.82, 2.24) is 20.1 Å². The molecule has 114 valence electrons. The lowest BCUT2D eigenvalue weighted by atomic mass is 10.1. The molecule has 0 spiro atoms. The van der Waals surface area contributed by atoms with Gasteiger partial charge in [0.15, 0.2) is 0 Å². The van der Waals surface area contributed by atoms with Crippen molar-refractivity contribution in [2.45, 2.75) is 12.6 Å². The van der Waals surface area contributed by atoms with Crippen LogP contribution in [0.4, 0.5) is 0 Å². The van der Waals surface area contributed by atoms with Crippen molar-refractivity contribution in [3.63, 3.8) is 0 Å². The Labute approximate surface area is 131 Å². The molecule has 1 fully saturated rings. The van der Waals surface area contributed by atoms with Crippen molar-refractivity contribution in [1.29, 1.82) is 0 Å². The van der Waals surface area contributed by atoms with Crippen molar-refractivity contribution in [2.24, 2.45) is 0 Å². The molecule has 2 aromatic rings. The third-order valence-electron chi connectivity index (χ3n) is 4.41. The Morgan fingerprint density at radius 1 is 1.33 bits per heavy atom. The van der Waals surface area contributed by atoms with E-state index in [0.29, 0.717) is 6.04 Å². The molecule has 5 heteroatoms. The van der Waals surface area contributed by atoms with Gasteiger partial charge in [0.2, 0.25) is 0 Å². The Morgan fingerprint density at radius 3 is 3.05 bits per heavy atom. The van der Waals surface area contributed by atoms with Crippen molar-refractivity contribution < 1.29 is 0 Å². The van der Waals surface area contributed by atoms with Crippen LogP contribution in [0.1, 0.15) is 5.56 Å². The Balaban J connectivity index is 1.59. The summed E-state index contributed by atoms with van der Waals surface area (Å²) in [6.07, 6.45) is 2.07. The normalized spacial score (nSPS) is 21.2. The van der Waals surface area contributed by atoms with Crippen molar-refractivity contribution in [2.75, 3.05) is 40.3 Å². The molecule has 1 aromatic heterocycles. The highest BCUT2D eigenvalue weighted by atomic mass is 35.5. The number of hydrogen-bond acceptors (Lipinski definition) is 3. The first kappa shape index (κ1) is 14.9. The fourth-order valence-electron chi connectivity index (χ4n) is 3.00. The van der Waals surface area contributed by atoms with Gasteiger partial charge in [-0.3, -0.25) is 4.90 Å². The number of aromatic nitrogens is 1. The second kappa shape index (κ2) is 6.36. The quantitative estimate of drug-likeness (QED) is 0.908. The second-order valence-corrected chi connectivity index (χ2v) is 6.47. The van der Waals surface area contributed by atoms with Crippen molar-refractivity contribution >= 4 is 22.5 Å². The molecule has 2 N–H and O–H groups in total. The molecule has 1 unspecified atom stereocenters. The van der Waals surface area contributed by atoms with Crippen LogP contribution in [0.3, 0.4) is 0 Å². The van der Waals surface area contributed by atoms with E-state index < -0.39 is 0 Å². The number of nitrogens with one attached hydrogen (secondary N) is 2. The highest BCUT2D eigenvalue weighted by Gasteiger charge is 2.21. The summed E-state index contributed by atoms with van der Waals surface area (Å²) >= 11 is 6.02. The average Bonchev–Trinajstić information content (AvgIpc) is 2.85. The van der Waals surface area contributed by atoms with Crippen LogP contribution < -0.4 is 5.32 Å². The maximum atomic E-state index is 6.02. The van der Waals surface area contributed by atoms with E-state index in [-0.39, 0.29) is 0 Å². The Kier molecular flexibility index (Phi) is 4.50. The number of fused-ring (bicyclic) bond motifs is 1. The first-order chi connectivity index (χ1) is 10.1. The molecule has 2 heterocycles. The fourth-order valence-corrected chi connectivity index (χ4v) is 3.17. The van der Waals surface area contributed by atoms with Gasteiger partial charge in [-0.15, -0.1) is 0 Å². The zero-order valence-electron chi connectivity index (χ0n) is 12.7. The molecule has 0 saturated carbocycles. The maximum Gasteiger partial charge on any atom is 0.0472 e. The van der Waals surface area contributed by atoms with Gasteiger partial charge in [-0.05, 0) is 31.8 Å². The molecule has 1 saturated heterocycles. The lowest BCUT2D eigenvalue weighted by Gasteiger charge is -2.37. The van der Waals surface area contributed by atoms with Gasteiger partial charge in [0.1, 0.15) is 0 Å². The van der Waals surface area contributed by atoms with Gasteiger partial charge in [0.05, 0.1) is 0 Å². The third kappa shape index (κ3) is 3.40. The molecular formula is C16H23ClN4. The Bertz CT molecular complexity index is 609.